The van der Waals surface area contributed by atoms with Gasteiger partial charge in [-0.1, -0.05) is 11.6 Å². The van der Waals surface area contributed by atoms with Crippen molar-refractivity contribution in [2.75, 3.05) is 84.9 Å². The van der Waals surface area contributed by atoms with Crippen molar-refractivity contribution in [3.8, 4) is 5.75 Å². The fraction of sp³-hybridized carbons (Fsp3) is 0.326. The van der Waals surface area contributed by atoms with E-state index in [1.165, 1.54) is 24.7 Å². The molecule has 7 aromatic rings. The summed E-state index contributed by atoms with van der Waals surface area (Å²) in [4.78, 5) is 19.8. The van der Waals surface area contributed by atoms with E-state index in [0.29, 0.717) is 40.8 Å². The van der Waals surface area contributed by atoms with Gasteiger partial charge in [0.2, 0.25) is 17.8 Å². The maximum Gasteiger partial charge on any atom is 0.299 e. The molecule has 0 aliphatic carbocycles. The van der Waals surface area contributed by atoms with Gasteiger partial charge in [-0.3, -0.25) is 4.55 Å². The predicted octanol–water partition coefficient (Wildman–Crippen LogP) is 9.46. The zero-order valence-electron chi connectivity index (χ0n) is 37.2. The average Bonchev–Trinajstić information content (AvgIpc) is 3.91. The van der Waals surface area contributed by atoms with E-state index in [-0.39, 0.29) is 65.8 Å². The van der Waals surface area contributed by atoms with Gasteiger partial charge in [0, 0.05) is 56.0 Å². The van der Waals surface area contributed by atoms with Crippen LogP contribution in [0, 0.1) is 6.92 Å². The monoisotopic (exact) mass is 954 g/mol. The molecule has 0 saturated carbocycles. The highest BCUT2D eigenvalue weighted by atomic mass is 32.2. The number of hydrogen-bond acceptors (Lipinski definition) is 21. The third kappa shape index (κ3) is 10.6. The largest absolute Gasteiger partial charge is 0.495 e. The number of ether oxygens (including phenoxy) is 1. The van der Waals surface area contributed by atoms with E-state index in [0.717, 1.165) is 52.5 Å². The second-order valence-corrected chi connectivity index (χ2v) is 17.4. The van der Waals surface area contributed by atoms with Gasteiger partial charge in [-0.2, -0.15) is 32.1 Å². The summed E-state index contributed by atoms with van der Waals surface area (Å²) in [6.45, 7) is 12.9. The van der Waals surface area contributed by atoms with Gasteiger partial charge in [-0.15, -0.1) is 20.5 Å². The number of benzene rings is 4. The lowest BCUT2D eigenvalue weighted by Gasteiger charge is -2.24. The van der Waals surface area contributed by atoms with Crippen LogP contribution >= 0.6 is 23.1 Å². The minimum absolute atomic E-state index is 0.0602. The first-order chi connectivity index (χ1) is 31.9. The molecule has 0 spiro atoms. The number of nitrogens with zero attached hydrogens (tertiary/aromatic N) is 12. The van der Waals surface area contributed by atoms with Crippen molar-refractivity contribution in [3.05, 3.63) is 72.3 Å². The van der Waals surface area contributed by atoms with Gasteiger partial charge in [-0.05, 0) is 118 Å². The predicted molar refractivity (Wildman–Crippen MR) is 261 cm³/mol. The van der Waals surface area contributed by atoms with E-state index in [9.17, 15) is 23.2 Å². The Bertz CT molecular complexity index is 2990. The van der Waals surface area contributed by atoms with E-state index in [1.807, 2.05) is 69.3 Å². The van der Waals surface area contributed by atoms with Crippen LogP contribution in [0.25, 0.3) is 21.8 Å². The maximum absolute atomic E-state index is 12.6. The molecular formula is C43H50N14O6S3. The van der Waals surface area contributed by atoms with Crippen LogP contribution in [0.1, 0.15) is 33.3 Å². The second-order valence-electron chi connectivity index (χ2n) is 14.6. The Hall–Kier alpha value is -6.50. The van der Waals surface area contributed by atoms with Crippen molar-refractivity contribution in [2.24, 2.45) is 20.5 Å². The minimum atomic E-state index is -4.76. The van der Waals surface area contributed by atoms with Gasteiger partial charge < -0.3 is 40.3 Å². The number of aryl methyl sites for hydroxylation is 1. The highest BCUT2D eigenvalue weighted by Gasteiger charge is 2.25. The third-order valence-electron chi connectivity index (χ3n) is 10.5. The van der Waals surface area contributed by atoms with Gasteiger partial charge in [0.15, 0.2) is 10.0 Å². The van der Waals surface area contributed by atoms with Crippen molar-refractivity contribution in [2.45, 2.75) is 39.5 Å². The van der Waals surface area contributed by atoms with Crippen molar-refractivity contribution in [3.63, 3.8) is 0 Å². The molecule has 23 heteroatoms. The maximum atomic E-state index is 12.6. The van der Waals surface area contributed by atoms with Gasteiger partial charge in [0.05, 0.1) is 48.1 Å². The molecule has 0 amide bonds. The van der Waals surface area contributed by atoms with Crippen LogP contribution in [0.4, 0.5) is 62.0 Å². The Morgan fingerprint density at radius 3 is 1.73 bits per heavy atom. The lowest BCUT2D eigenvalue weighted by Crippen LogP contribution is -2.31. The summed E-state index contributed by atoms with van der Waals surface area (Å²) >= 11 is 2.17. The lowest BCUT2D eigenvalue weighted by molar-refractivity contribution is 0.280. The number of aromatic nitrogens is 5. The van der Waals surface area contributed by atoms with Gasteiger partial charge in [0.1, 0.15) is 22.0 Å². The quantitative estimate of drug-likeness (QED) is 0.0332. The number of azo groups is 2. The molecule has 0 unspecified atom stereocenters. The summed E-state index contributed by atoms with van der Waals surface area (Å²) in [7, 11) is -3.46. The standard InChI is InChI=1S/C43H50N14O6S3/c1-7-55(8-2)27-12-15-31(49-51-39-29-23-26(5)11-14-30(29)53-64-39)34(24-27)44-41-46-42(48-43(47-41)57(19-21-58)20-22-59)45-35-25-28(56(9-3)10-4)13-16-32(35)50-52-40-37-33(54-65-40)17-18-36(63-6)38(37)66(60,61)62/h11-18,23-25,58-59H,7-10,19-22H2,1-6H3,(H,60,61,62)(H2,44,45,46,47,48). The number of anilines is 7. The van der Waals surface area contributed by atoms with Gasteiger partial charge in [0.25, 0.3) is 10.1 Å². The number of rotatable bonds is 21. The average molecular weight is 955 g/mol. The van der Waals surface area contributed by atoms with Crippen LogP contribution < -0.4 is 30.1 Å². The molecule has 4 aromatic carbocycles. The topological polar surface area (TPSA) is 252 Å². The Balaban J connectivity index is 1.34. The van der Waals surface area contributed by atoms with Crippen LogP contribution in [0.3, 0.4) is 0 Å². The minimum Gasteiger partial charge on any atom is -0.495 e. The number of methoxy groups -OCH3 is 1. The molecule has 5 N–H and O–H groups in total. The number of hydrogen-bond donors (Lipinski definition) is 5. The van der Waals surface area contributed by atoms with Crippen LogP contribution in [0.2, 0.25) is 0 Å². The van der Waals surface area contributed by atoms with Crippen molar-refractivity contribution >= 4 is 117 Å². The van der Waals surface area contributed by atoms with E-state index < -0.39 is 15.0 Å². The molecule has 0 aliphatic rings. The second kappa shape index (κ2) is 21.2. The molecule has 3 heterocycles. The molecule has 66 heavy (non-hydrogen) atoms. The molecule has 3 aromatic heterocycles. The summed E-state index contributed by atoms with van der Waals surface area (Å²) in [5.74, 6) is 0.269. The Morgan fingerprint density at radius 2 is 1.20 bits per heavy atom. The lowest BCUT2D eigenvalue weighted by atomic mass is 10.2. The van der Waals surface area contributed by atoms with Gasteiger partial charge in [-0.25, -0.2) is 0 Å². The molecule has 346 valence electrons. The van der Waals surface area contributed by atoms with Crippen molar-refractivity contribution in [1.82, 2.24) is 23.7 Å². The molecule has 0 fully saturated rings. The van der Waals surface area contributed by atoms with E-state index >= 15 is 0 Å². The Morgan fingerprint density at radius 1 is 0.667 bits per heavy atom. The smallest absolute Gasteiger partial charge is 0.299 e. The zero-order valence-corrected chi connectivity index (χ0v) is 39.6. The zero-order chi connectivity index (χ0) is 47.0. The van der Waals surface area contributed by atoms with E-state index in [1.54, 1.807) is 17.0 Å². The molecule has 0 bridgehead atoms. The summed E-state index contributed by atoms with van der Waals surface area (Å²) in [5.41, 5.74) is 5.76. The summed E-state index contributed by atoms with van der Waals surface area (Å²) in [5, 5.41) is 46.8. The highest BCUT2D eigenvalue weighted by Crippen LogP contribution is 2.42. The van der Waals surface area contributed by atoms with Crippen LogP contribution in [-0.4, -0.2) is 106 Å². The van der Waals surface area contributed by atoms with Crippen LogP contribution in [0.5, 0.6) is 5.75 Å². The molecule has 0 radical (unpaired) electrons. The SMILES string of the molecule is CCN(CC)c1ccc(N=Nc2snc3ccc(C)cc23)c(Nc2nc(Nc3cc(N(CC)CC)ccc3N=Nc3snc4ccc(OC)c(S(=O)(=O)O)c34)nc(N(CCO)CCO)n2)c1. The van der Waals surface area contributed by atoms with E-state index in [2.05, 4.69) is 58.4 Å². The fourth-order valence-corrected chi connectivity index (χ4v) is 9.50. The molecule has 20 nitrogen and oxygen atoms in total. The summed E-state index contributed by atoms with van der Waals surface area (Å²) in [6.07, 6.45) is 0. The highest BCUT2D eigenvalue weighted by molar-refractivity contribution is 7.86. The molecule has 7 rings (SSSR count). The van der Waals surface area contributed by atoms with Crippen molar-refractivity contribution in [1.29, 1.82) is 0 Å². The number of fused-ring (bicyclic) bond motifs is 2. The first kappa shape index (κ1) is 47.5. The van der Waals surface area contributed by atoms with Crippen LogP contribution in [0.15, 0.2) is 92.1 Å². The first-order valence-electron chi connectivity index (χ1n) is 21.1. The van der Waals surface area contributed by atoms with Crippen LogP contribution in [-0.2, 0) is 10.1 Å². The first-order valence-corrected chi connectivity index (χ1v) is 24.1. The molecule has 0 saturated heterocycles. The number of nitrogens with one attached hydrogen (secondary N) is 2. The molecule has 0 aliphatic heterocycles. The van der Waals surface area contributed by atoms with Crippen molar-refractivity contribution < 1.29 is 27.9 Å². The van der Waals surface area contributed by atoms with Gasteiger partial charge >= 0.3 is 0 Å². The van der Waals surface area contributed by atoms with E-state index in [4.69, 9.17) is 24.8 Å². The normalized spacial score (nSPS) is 11.9. The molecular weight excluding hydrogens is 905 g/mol. The molecule has 0 atom stereocenters. The fourth-order valence-electron chi connectivity index (χ4n) is 7.18. The summed E-state index contributed by atoms with van der Waals surface area (Å²) in [6, 6.07) is 20.3. The number of aliphatic hydroxyl groups is 2. The third-order valence-corrected chi connectivity index (χ3v) is 12.9. The number of aliphatic hydroxyl groups excluding tert-OH is 2. The Labute approximate surface area is 389 Å². The summed E-state index contributed by atoms with van der Waals surface area (Å²) < 4.78 is 49.5. The Kier molecular flexibility index (Phi) is 15.3.